The number of hydrogen-bond donors (Lipinski definition) is 1. The number of rotatable bonds is 5. The number of likely N-dealkylation sites (tertiary alicyclic amines) is 1. The number of nitrogens with one attached hydrogen (secondary N) is 1. The number of aryl methyl sites for hydroxylation is 1. The third-order valence-electron chi connectivity index (χ3n) is 4.94. The molecule has 0 radical (unpaired) electrons. The maximum Gasteiger partial charge on any atom is 0.265 e. The minimum absolute atomic E-state index is 0.0937. The van der Waals surface area contributed by atoms with Gasteiger partial charge in [0.15, 0.2) is 0 Å². The molecule has 7 heteroatoms. The van der Waals surface area contributed by atoms with Crippen LogP contribution in [0.2, 0.25) is 0 Å². The van der Waals surface area contributed by atoms with Gasteiger partial charge in [-0.2, -0.15) is 0 Å². The molecular weight excluding hydrogens is 402 g/mol. The molecule has 0 aliphatic carbocycles. The van der Waals surface area contributed by atoms with E-state index in [4.69, 9.17) is 4.74 Å². The second-order valence-corrected chi connectivity index (χ2v) is 7.53. The van der Waals surface area contributed by atoms with Gasteiger partial charge in [-0.25, -0.2) is 8.78 Å². The van der Waals surface area contributed by atoms with Crippen molar-refractivity contribution in [2.75, 3.05) is 25.5 Å². The third-order valence-corrected chi connectivity index (χ3v) is 4.94. The summed E-state index contributed by atoms with van der Waals surface area (Å²) in [5, 5.41) is 2.63. The summed E-state index contributed by atoms with van der Waals surface area (Å²) in [5.41, 5.74) is 2.73. The molecule has 2 amide bonds. The van der Waals surface area contributed by atoms with Gasteiger partial charge in [-0.3, -0.25) is 9.59 Å². The SMILES string of the molecule is CC(=O)Nc1ccc(CC(=O)N2CCCC(F)(F)C2)cc1.CCc1ccc(OC)cc1. The van der Waals surface area contributed by atoms with Crippen molar-refractivity contribution in [1.82, 2.24) is 4.90 Å². The Balaban J connectivity index is 0.000000285. The molecule has 3 rings (SSSR count). The highest BCUT2D eigenvalue weighted by Crippen LogP contribution is 2.27. The van der Waals surface area contributed by atoms with Gasteiger partial charge in [-0.05, 0) is 48.2 Å². The van der Waals surface area contributed by atoms with Gasteiger partial charge < -0.3 is 15.0 Å². The van der Waals surface area contributed by atoms with E-state index in [1.54, 1.807) is 31.4 Å². The molecule has 0 saturated carbocycles. The molecule has 1 saturated heterocycles. The summed E-state index contributed by atoms with van der Waals surface area (Å²) in [4.78, 5) is 24.2. The number of alkyl halides is 2. The number of halogens is 2. The van der Waals surface area contributed by atoms with E-state index in [0.717, 1.165) is 17.7 Å². The Kier molecular flexibility index (Phi) is 8.97. The minimum atomic E-state index is -2.77. The van der Waals surface area contributed by atoms with Gasteiger partial charge in [0.1, 0.15) is 5.75 Å². The van der Waals surface area contributed by atoms with Crippen LogP contribution in [0.4, 0.5) is 14.5 Å². The molecule has 1 aliphatic rings. The van der Waals surface area contributed by atoms with Crippen LogP contribution in [-0.4, -0.2) is 42.8 Å². The molecule has 1 heterocycles. The molecule has 2 aromatic rings. The lowest BCUT2D eigenvalue weighted by atomic mass is 10.1. The van der Waals surface area contributed by atoms with E-state index in [-0.39, 0.29) is 24.7 Å². The van der Waals surface area contributed by atoms with Crippen molar-refractivity contribution in [1.29, 1.82) is 0 Å². The van der Waals surface area contributed by atoms with Crippen LogP contribution in [0, 0.1) is 0 Å². The summed E-state index contributed by atoms with van der Waals surface area (Å²) in [6.45, 7) is 3.45. The van der Waals surface area contributed by atoms with Gasteiger partial charge >= 0.3 is 0 Å². The molecule has 0 atom stereocenters. The fourth-order valence-corrected chi connectivity index (χ4v) is 3.24. The standard InChI is InChI=1S/C15H18F2N2O2.C9H12O/c1-11(20)18-13-5-3-12(4-6-13)9-14(21)19-8-2-7-15(16,17)10-19;1-3-8-4-6-9(10-2)7-5-8/h3-6H,2,7-10H2,1H3,(H,18,20);4-7H,3H2,1-2H3. The summed E-state index contributed by atoms with van der Waals surface area (Å²) in [5.74, 6) is -2.31. The number of ether oxygens (including phenoxy) is 1. The van der Waals surface area contributed by atoms with Crippen LogP contribution in [0.25, 0.3) is 0 Å². The van der Waals surface area contributed by atoms with Crippen molar-refractivity contribution >= 4 is 17.5 Å². The van der Waals surface area contributed by atoms with Crippen LogP contribution < -0.4 is 10.1 Å². The van der Waals surface area contributed by atoms with E-state index in [9.17, 15) is 18.4 Å². The molecule has 2 aromatic carbocycles. The largest absolute Gasteiger partial charge is 0.497 e. The number of piperidine rings is 1. The smallest absolute Gasteiger partial charge is 0.265 e. The van der Waals surface area contributed by atoms with Crippen LogP contribution in [-0.2, 0) is 22.4 Å². The number of nitrogens with zero attached hydrogens (tertiary/aromatic N) is 1. The lowest BCUT2D eigenvalue weighted by molar-refractivity contribution is -0.140. The summed E-state index contributed by atoms with van der Waals surface area (Å²) < 4.78 is 31.6. The second kappa shape index (κ2) is 11.4. The topological polar surface area (TPSA) is 58.6 Å². The van der Waals surface area contributed by atoms with Gasteiger partial charge in [0.25, 0.3) is 5.92 Å². The molecule has 0 bridgehead atoms. The molecule has 0 spiro atoms. The van der Waals surface area contributed by atoms with Gasteiger partial charge in [-0.15, -0.1) is 0 Å². The van der Waals surface area contributed by atoms with E-state index in [2.05, 4.69) is 24.4 Å². The molecule has 0 aromatic heterocycles. The summed E-state index contributed by atoms with van der Waals surface area (Å²) >= 11 is 0. The Labute approximate surface area is 182 Å². The van der Waals surface area contributed by atoms with E-state index in [1.807, 2.05) is 12.1 Å². The molecule has 168 valence electrons. The first-order chi connectivity index (χ1) is 14.7. The molecular formula is C24H30F2N2O3. The summed E-state index contributed by atoms with van der Waals surface area (Å²) in [6.07, 6.45) is 1.36. The molecule has 1 aliphatic heterocycles. The number of anilines is 1. The molecule has 31 heavy (non-hydrogen) atoms. The van der Waals surface area contributed by atoms with E-state index < -0.39 is 12.5 Å². The second-order valence-electron chi connectivity index (χ2n) is 7.53. The van der Waals surface area contributed by atoms with Crippen molar-refractivity contribution in [3.05, 3.63) is 59.7 Å². The zero-order valence-electron chi connectivity index (χ0n) is 18.3. The van der Waals surface area contributed by atoms with Gasteiger partial charge in [0.2, 0.25) is 11.8 Å². The Morgan fingerprint density at radius 3 is 2.19 bits per heavy atom. The van der Waals surface area contributed by atoms with E-state index in [1.165, 1.54) is 17.4 Å². The maximum atomic E-state index is 13.3. The number of methoxy groups -OCH3 is 1. The lowest BCUT2D eigenvalue weighted by Gasteiger charge is -2.32. The average Bonchev–Trinajstić information content (AvgIpc) is 2.74. The Morgan fingerprint density at radius 2 is 1.68 bits per heavy atom. The van der Waals surface area contributed by atoms with E-state index in [0.29, 0.717) is 18.7 Å². The van der Waals surface area contributed by atoms with Crippen LogP contribution in [0.5, 0.6) is 5.75 Å². The predicted octanol–water partition coefficient (Wildman–Crippen LogP) is 4.70. The monoisotopic (exact) mass is 432 g/mol. The molecule has 1 N–H and O–H groups in total. The van der Waals surface area contributed by atoms with Crippen LogP contribution >= 0.6 is 0 Å². The highest BCUT2D eigenvalue weighted by atomic mass is 19.3. The Hall–Kier alpha value is -2.96. The van der Waals surface area contributed by atoms with Gasteiger partial charge in [0, 0.05) is 25.6 Å². The first kappa shape index (κ1) is 24.3. The average molecular weight is 433 g/mol. The molecule has 1 fully saturated rings. The van der Waals surface area contributed by atoms with Crippen molar-refractivity contribution < 1.29 is 23.1 Å². The number of carbonyl (C=O) groups excluding carboxylic acids is 2. The maximum absolute atomic E-state index is 13.3. The van der Waals surface area contributed by atoms with Gasteiger partial charge in [0.05, 0.1) is 20.1 Å². The summed E-state index contributed by atoms with van der Waals surface area (Å²) in [6, 6.07) is 14.9. The number of amides is 2. The Bertz CT molecular complexity index is 829. The van der Waals surface area contributed by atoms with Crippen LogP contribution in [0.1, 0.15) is 37.8 Å². The van der Waals surface area contributed by atoms with Crippen molar-refractivity contribution in [2.45, 2.75) is 45.5 Å². The van der Waals surface area contributed by atoms with Crippen molar-refractivity contribution in [3.63, 3.8) is 0 Å². The van der Waals surface area contributed by atoms with Crippen LogP contribution in [0.3, 0.4) is 0 Å². The highest BCUT2D eigenvalue weighted by Gasteiger charge is 2.36. The van der Waals surface area contributed by atoms with Crippen LogP contribution in [0.15, 0.2) is 48.5 Å². The zero-order valence-corrected chi connectivity index (χ0v) is 18.3. The summed E-state index contributed by atoms with van der Waals surface area (Å²) in [7, 11) is 1.68. The normalized spacial score (nSPS) is 14.8. The van der Waals surface area contributed by atoms with E-state index >= 15 is 0 Å². The zero-order chi connectivity index (χ0) is 22.9. The molecule has 0 unspecified atom stereocenters. The number of benzene rings is 2. The quantitative estimate of drug-likeness (QED) is 0.745. The Morgan fingerprint density at radius 1 is 1.06 bits per heavy atom. The minimum Gasteiger partial charge on any atom is -0.497 e. The predicted molar refractivity (Wildman–Crippen MR) is 118 cm³/mol. The van der Waals surface area contributed by atoms with Crippen molar-refractivity contribution in [2.24, 2.45) is 0 Å². The first-order valence-corrected chi connectivity index (χ1v) is 10.4. The fraction of sp³-hybridized carbons (Fsp3) is 0.417. The van der Waals surface area contributed by atoms with Crippen molar-refractivity contribution in [3.8, 4) is 5.75 Å². The fourth-order valence-electron chi connectivity index (χ4n) is 3.24. The highest BCUT2D eigenvalue weighted by molar-refractivity contribution is 5.88. The molecule has 5 nitrogen and oxygen atoms in total. The first-order valence-electron chi connectivity index (χ1n) is 10.4. The lowest BCUT2D eigenvalue weighted by Crippen LogP contribution is -2.46. The van der Waals surface area contributed by atoms with Gasteiger partial charge in [-0.1, -0.05) is 31.2 Å². The third kappa shape index (κ3) is 8.36. The number of hydrogen-bond acceptors (Lipinski definition) is 3. The number of carbonyl (C=O) groups is 2.